The molecule has 0 aliphatic heterocycles. The monoisotopic (exact) mass is 516 g/mol. The zero-order chi connectivity index (χ0) is 25.4. The van der Waals surface area contributed by atoms with Gasteiger partial charge in [-0.3, -0.25) is 4.79 Å². The Hall–Kier alpha value is -4.77. The minimum absolute atomic E-state index is 0.240. The number of furan rings is 2. The molecule has 0 aliphatic rings. The third kappa shape index (κ3) is 4.47. The number of carbonyl (C=O) groups is 1. The molecule has 0 fully saturated rings. The highest BCUT2D eigenvalue weighted by atomic mass is 32.1. The maximum atomic E-state index is 12.3. The molecule has 186 valence electrons. The number of hydrogen-bond donors (Lipinski definition) is 1. The minimum Gasteiger partial charge on any atom is -0.496 e. The molecular formula is C26H20N4O6S. The predicted octanol–water partition coefficient (Wildman–Crippen LogP) is 5.65. The van der Waals surface area contributed by atoms with Crippen molar-refractivity contribution in [3.8, 4) is 28.1 Å². The minimum atomic E-state index is -0.323. The summed E-state index contributed by atoms with van der Waals surface area (Å²) in [5.74, 6) is 1.68. The number of nitrogens with zero attached hydrogens (tertiary/aromatic N) is 3. The molecule has 0 radical (unpaired) electrons. The van der Waals surface area contributed by atoms with Gasteiger partial charge in [0.05, 0.1) is 32.1 Å². The van der Waals surface area contributed by atoms with Crippen molar-refractivity contribution in [2.24, 2.45) is 0 Å². The third-order valence-electron chi connectivity index (χ3n) is 5.58. The Kier molecular flexibility index (Phi) is 5.73. The number of anilines is 1. The number of benzene rings is 2. The molecule has 0 saturated heterocycles. The second-order valence-corrected chi connectivity index (χ2v) is 8.91. The maximum Gasteiger partial charge on any atom is 0.294 e. The molecule has 1 N–H and O–H groups in total. The Bertz CT molecular complexity index is 1680. The van der Waals surface area contributed by atoms with Crippen LogP contribution >= 0.6 is 11.3 Å². The van der Waals surface area contributed by atoms with Gasteiger partial charge in [0.2, 0.25) is 4.96 Å². The van der Waals surface area contributed by atoms with Crippen molar-refractivity contribution in [1.82, 2.24) is 14.6 Å². The van der Waals surface area contributed by atoms with E-state index in [0.717, 1.165) is 10.9 Å². The summed E-state index contributed by atoms with van der Waals surface area (Å²) in [5, 5.41) is 8.44. The quantitative estimate of drug-likeness (QED) is 0.276. The number of aromatic nitrogens is 3. The molecule has 4 aromatic heterocycles. The number of hydrogen-bond acceptors (Lipinski definition) is 9. The van der Waals surface area contributed by atoms with E-state index < -0.39 is 0 Å². The van der Waals surface area contributed by atoms with Crippen molar-refractivity contribution in [2.75, 3.05) is 19.5 Å². The number of amides is 1. The fourth-order valence-corrected chi connectivity index (χ4v) is 4.53. The maximum absolute atomic E-state index is 12.3. The summed E-state index contributed by atoms with van der Waals surface area (Å²) in [5.41, 5.74) is 2.74. The molecule has 0 aliphatic carbocycles. The Morgan fingerprint density at radius 1 is 1.11 bits per heavy atom. The lowest BCUT2D eigenvalue weighted by Gasteiger charge is -2.10. The summed E-state index contributed by atoms with van der Waals surface area (Å²) in [6.45, 7) is 0.261. The largest absolute Gasteiger partial charge is 0.496 e. The van der Waals surface area contributed by atoms with Crippen LogP contribution in [0.3, 0.4) is 0 Å². The van der Waals surface area contributed by atoms with Gasteiger partial charge in [0.1, 0.15) is 29.4 Å². The van der Waals surface area contributed by atoms with Crippen LogP contribution in [0.4, 0.5) is 5.69 Å². The van der Waals surface area contributed by atoms with Crippen LogP contribution in [0.25, 0.3) is 27.4 Å². The molecule has 4 heterocycles. The lowest BCUT2D eigenvalue weighted by atomic mass is 10.2. The summed E-state index contributed by atoms with van der Waals surface area (Å²) in [6.07, 6.45) is 3.24. The second-order valence-electron chi connectivity index (χ2n) is 7.99. The summed E-state index contributed by atoms with van der Waals surface area (Å²) in [7, 11) is 3.16. The van der Waals surface area contributed by atoms with Crippen LogP contribution < -0.4 is 19.5 Å². The Labute approximate surface area is 214 Å². The van der Waals surface area contributed by atoms with E-state index in [4.69, 9.17) is 23.0 Å². The van der Waals surface area contributed by atoms with E-state index in [2.05, 4.69) is 15.4 Å². The molecular weight excluding hydrogens is 496 g/mol. The molecule has 0 bridgehead atoms. The van der Waals surface area contributed by atoms with Crippen molar-refractivity contribution in [3.05, 3.63) is 78.4 Å². The molecule has 0 spiro atoms. The molecule has 6 aromatic rings. The van der Waals surface area contributed by atoms with Crippen LogP contribution in [0, 0.1) is 0 Å². The standard InChI is InChI=1S/C26H20N4O6S/c1-32-17-10-21(35-14-15-5-3-6-16(9-15)27-24(31)20-7-4-8-34-20)18-12-23(36-22(18)11-17)19-13-30-25(28-19)37-26(29-30)33-2/h3-13H,14H2,1-2H3,(H,27,31). The van der Waals surface area contributed by atoms with Gasteiger partial charge in [-0.05, 0) is 47.2 Å². The molecule has 0 atom stereocenters. The van der Waals surface area contributed by atoms with E-state index in [1.807, 2.05) is 30.3 Å². The van der Waals surface area contributed by atoms with Crippen LogP contribution in [-0.2, 0) is 6.61 Å². The molecule has 1 amide bonds. The fourth-order valence-electron chi connectivity index (χ4n) is 3.83. The van der Waals surface area contributed by atoms with Crippen LogP contribution in [0.1, 0.15) is 16.1 Å². The molecule has 0 saturated carbocycles. The molecule has 0 unspecified atom stereocenters. The number of methoxy groups -OCH3 is 2. The lowest BCUT2D eigenvalue weighted by Crippen LogP contribution is -2.11. The van der Waals surface area contributed by atoms with E-state index in [1.165, 1.54) is 17.6 Å². The SMILES string of the molecule is COc1cc(OCc2cccc(NC(=O)c3ccco3)c2)c2cc(-c3cn4nc(OC)sc4n3)oc2c1. The van der Waals surface area contributed by atoms with Crippen molar-refractivity contribution >= 4 is 38.9 Å². The normalized spacial score (nSPS) is 11.2. The second kappa shape index (κ2) is 9.36. The topological polar surface area (TPSA) is 113 Å². The van der Waals surface area contributed by atoms with Gasteiger partial charge < -0.3 is 28.4 Å². The van der Waals surface area contributed by atoms with Crippen LogP contribution in [-0.4, -0.2) is 34.7 Å². The fraction of sp³-hybridized carbons (Fsp3) is 0.115. The van der Waals surface area contributed by atoms with Gasteiger partial charge in [-0.1, -0.05) is 12.1 Å². The number of nitrogens with one attached hydrogen (secondary N) is 1. The highest BCUT2D eigenvalue weighted by molar-refractivity contribution is 7.18. The van der Waals surface area contributed by atoms with E-state index >= 15 is 0 Å². The van der Waals surface area contributed by atoms with Crippen molar-refractivity contribution in [1.29, 1.82) is 0 Å². The zero-order valence-electron chi connectivity index (χ0n) is 19.8. The van der Waals surface area contributed by atoms with Gasteiger partial charge in [-0.25, -0.2) is 9.50 Å². The number of imidazole rings is 1. The number of fused-ring (bicyclic) bond motifs is 2. The van der Waals surface area contributed by atoms with Gasteiger partial charge in [-0.15, -0.1) is 5.10 Å². The summed E-state index contributed by atoms with van der Waals surface area (Å²) in [6, 6.07) is 16.2. The number of ether oxygens (including phenoxy) is 3. The summed E-state index contributed by atoms with van der Waals surface area (Å²) >= 11 is 1.34. The lowest BCUT2D eigenvalue weighted by molar-refractivity contribution is 0.0996. The smallest absolute Gasteiger partial charge is 0.294 e. The average molecular weight is 517 g/mol. The van der Waals surface area contributed by atoms with Crippen LogP contribution in [0.15, 0.2) is 75.9 Å². The van der Waals surface area contributed by atoms with Gasteiger partial charge >= 0.3 is 0 Å². The van der Waals surface area contributed by atoms with E-state index in [-0.39, 0.29) is 18.3 Å². The molecule has 10 nitrogen and oxygen atoms in total. The molecule has 6 rings (SSSR count). The van der Waals surface area contributed by atoms with E-state index in [1.54, 1.807) is 49.2 Å². The average Bonchev–Trinajstić information content (AvgIpc) is 3.70. The van der Waals surface area contributed by atoms with Crippen LogP contribution in [0.5, 0.6) is 16.7 Å². The van der Waals surface area contributed by atoms with Crippen molar-refractivity contribution in [3.63, 3.8) is 0 Å². The molecule has 37 heavy (non-hydrogen) atoms. The number of rotatable bonds is 8. The van der Waals surface area contributed by atoms with Gasteiger partial charge in [0.15, 0.2) is 11.5 Å². The first-order chi connectivity index (χ1) is 18.1. The third-order valence-corrected chi connectivity index (χ3v) is 6.47. The van der Waals surface area contributed by atoms with Crippen molar-refractivity contribution in [2.45, 2.75) is 6.61 Å². The number of carbonyl (C=O) groups excluding carboxylic acids is 1. The summed E-state index contributed by atoms with van der Waals surface area (Å²) in [4.78, 5) is 17.6. The Morgan fingerprint density at radius 3 is 2.81 bits per heavy atom. The summed E-state index contributed by atoms with van der Waals surface area (Å²) < 4.78 is 29.7. The van der Waals surface area contributed by atoms with E-state index in [9.17, 15) is 4.79 Å². The zero-order valence-corrected chi connectivity index (χ0v) is 20.6. The van der Waals surface area contributed by atoms with Crippen LogP contribution in [0.2, 0.25) is 0 Å². The van der Waals surface area contributed by atoms with E-state index in [0.29, 0.717) is 44.4 Å². The highest BCUT2D eigenvalue weighted by Gasteiger charge is 2.17. The first-order valence-electron chi connectivity index (χ1n) is 11.2. The van der Waals surface area contributed by atoms with Crippen molar-refractivity contribution < 1.29 is 27.8 Å². The molecule has 11 heteroatoms. The van der Waals surface area contributed by atoms with Gasteiger partial charge in [0, 0.05) is 17.8 Å². The van der Waals surface area contributed by atoms with Gasteiger partial charge in [0.25, 0.3) is 11.1 Å². The molecule has 2 aromatic carbocycles. The Morgan fingerprint density at radius 2 is 2.03 bits per heavy atom. The van der Waals surface area contributed by atoms with Gasteiger partial charge in [-0.2, -0.15) is 0 Å². The first-order valence-corrected chi connectivity index (χ1v) is 12.0. The Balaban J connectivity index is 1.25. The predicted molar refractivity (Wildman–Crippen MR) is 137 cm³/mol. The highest BCUT2D eigenvalue weighted by Crippen LogP contribution is 2.37. The first kappa shape index (κ1) is 22.7.